The van der Waals surface area contributed by atoms with Gasteiger partial charge < -0.3 is 16.8 Å². The molecule has 0 saturated heterocycles. The van der Waals surface area contributed by atoms with Crippen LogP contribution in [0.5, 0.6) is 0 Å². The molecule has 16 heavy (non-hydrogen) atoms. The van der Waals surface area contributed by atoms with Crippen molar-refractivity contribution in [2.75, 3.05) is 6.54 Å². The summed E-state index contributed by atoms with van der Waals surface area (Å²) in [6, 6.07) is 0. The van der Waals surface area contributed by atoms with Gasteiger partial charge in [0, 0.05) is 6.54 Å². The molecule has 0 aliphatic rings. The highest BCUT2D eigenvalue weighted by Gasteiger charge is 2.29. The first-order valence-corrected chi connectivity index (χ1v) is 5.52. The van der Waals surface area contributed by atoms with Gasteiger partial charge in [-0.15, -0.1) is 0 Å². The Labute approximate surface area is 96.9 Å². The average molecular weight is 229 g/mol. The van der Waals surface area contributed by atoms with Crippen LogP contribution in [0, 0.1) is 11.8 Å². The van der Waals surface area contributed by atoms with E-state index in [9.17, 15) is 9.59 Å². The second-order valence-corrected chi connectivity index (χ2v) is 5.04. The van der Waals surface area contributed by atoms with Gasteiger partial charge in [-0.25, -0.2) is 0 Å². The topological polar surface area (TPSA) is 98.2 Å². The molecular formula is C11H23N3O2. The molecule has 2 amide bonds. The van der Waals surface area contributed by atoms with Crippen molar-refractivity contribution in [2.45, 2.75) is 39.7 Å². The van der Waals surface area contributed by atoms with E-state index in [1.165, 1.54) is 0 Å². The maximum Gasteiger partial charge on any atom is 0.242 e. The van der Waals surface area contributed by atoms with Crippen LogP contribution in [-0.2, 0) is 9.59 Å². The molecule has 5 nitrogen and oxygen atoms in total. The lowest BCUT2D eigenvalue weighted by Crippen LogP contribution is -2.55. The summed E-state index contributed by atoms with van der Waals surface area (Å²) in [4.78, 5) is 22.9. The van der Waals surface area contributed by atoms with Crippen LogP contribution in [-0.4, -0.2) is 23.9 Å². The van der Waals surface area contributed by atoms with Crippen molar-refractivity contribution >= 4 is 11.8 Å². The molecule has 0 aliphatic heterocycles. The van der Waals surface area contributed by atoms with E-state index in [0.29, 0.717) is 12.3 Å². The number of nitrogens with two attached hydrogens (primary N) is 2. The van der Waals surface area contributed by atoms with Gasteiger partial charge in [-0.1, -0.05) is 13.8 Å². The molecule has 1 unspecified atom stereocenters. The molecule has 0 radical (unpaired) electrons. The van der Waals surface area contributed by atoms with Crippen LogP contribution in [0.1, 0.15) is 34.1 Å². The molecule has 94 valence electrons. The fourth-order valence-electron chi connectivity index (χ4n) is 1.35. The van der Waals surface area contributed by atoms with E-state index in [0.717, 1.165) is 0 Å². The SMILES string of the molecule is CC(C)CC(CN)C(=O)NC(C)(C)C(N)=O. The fourth-order valence-corrected chi connectivity index (χ4v) is 1.35. The van der Waals surface area contributed by atoms with Gasteiger partial charge in [0.2, 0.25) is 11.8 Å². The van der Waals surface area contributed by atoms with E-state index in [-0.39, 0.29) is 18.4 Å². The van der Waals surface area contributed by atoms with Crippen LogP contribution in [0.25, 0.3) is 0 Å². The standard InChI is InChI=1S/C11H23N3O2/c1-7(2)5-8(6-12)9(15)14-11(3,4)10(13)16/h7-8H,5-6,12H2,1-4H3,(H2,13,16)(H,14,15). The van der Waals surface area contributed by atoms with E-state index in [1.807, 2.05) is 13.8 Å². The van der Waals surface area contributed by atoms with E-state index in [2.05, 4.69) is 5.32 Å². The first-order valence-electron chi connectivity index (χ1n) is 5.52. The Bertz CT molecular complexity index is 262. The molecule has 0 aromatic rings. The van der Waals surface area contributed by atoms with E-state index < -0.39 is 11.4 Å². The molecule has 0 saturated carbocycles. The Morgan fingerprint density at radius 1 is 1.31 bits per heavy atom. The zero-order valence-electron chi connectivity index (χ0n) is 10.5. The molecule has 5 heteroatoms. The second kappa shape index (κ2) is 5.84. The van der Waals surface area contributed by atoms with Gasteiger partial charge >= 0.3 is 0 Å². The molecule has 5 N–H and O–H groups in total. The van der Waals surface area contributed by atoms with Gasteiger partial charge in [-0.2, -0.15) is 0 Å². The van der Waals surface area contributed by atoms with E-state index in [1.54, 1.807) is 13.8 Å². The van der Waals surface area contributed by atoms with Gasteiger partial charge in [0.15, 0.2) is 0 Å². The number of primary amides is 1. The Morgan fingerprint density at radius 3 is 2.12 bits per heavy atom. The third-order valence-electron chi connectivity index (χ3n) is 2.46. The lowest BCUT2D eigenvalue weighted by Gasteiger charge is -2.26. The van der Waals surface area contributed by atoms with E-state index >= 15 is 0 Å². The van der Waals surface area contributed by atoms with Gasteiger partial charge in [-0.3, -0.25) is 9.59 Å². The molecule has 0 bridgehead atoms. The van der Waals surface area contributed by atoms with Crippen molar-refractivity contribution in [3.63, 3.8) is 0 Å². The molecule has 0 aliphatic carbocycles. The van der Waals surface area contributed by atoms with E-state index in [4.69, 9.17) is 11.5 Å². The minimum Gasteiger partial charge on any atom is -0.368 e. The molecule has 0 aromatic carbocycles. The summed E-state index contributed by atoms with van der Waals surface area (Å²) in [6.07, 6.45) is 0.706. The number of hydrogen-bond acceptors (Lipinski definition) is 3. The third-order valence-corrected chi connectivity index (χ3v) is 2.46. The van der Waals surface area contributed by atoms with Crippen molar-refractivity contribution in [3.05, 3.63) is 0 Å². The number of nitrogens with one attached hydrogen (secondary N) is 1. The average Bonchev–Trinajstić information content (AvgIpc) is 2.12. The normalized spacial score (nSPS) is 13.6. The van der Waals surface area contributed by atoms with Crippen LogP contribution in [0.4, 0.5) is 0 Å². The summed E-state index contributed by atoms with van der Waals surface area (Å²) < 4.78 is 0. The Balaban J connectivity index is 4.48. The van der Waals surface area contributed by atoms with Gasteiger partial charge in [0.1, 0.15) is 5.54 Å². The van der Waals surface area contributed by atoms with Crippen molar-refractivity contribution < 1.29 is 9.59 Å². The molecule has 0 aromatic heterocycles. The Hall–Kier alpha value is -1.10. The first kappa shape index (κ1) is 14.9. The number of carbonyl (C=O) groups excluding carboxylic acids is 2. The van der Waals surface area contributed by atoms with Crippen LogP contribution < -0.4 is 16.8 Å². The number of carbonyl (C=O) groups is 2. The summed E-state index contributed by atoms with van der Waals surface area (Å²) >= 11 is 0. The molecule has 0 rings (SSSR count). The Morgan fingerprint density at radius 2 is 1.81 bits per heavy atom. The minimum absolute atomic E-state index is 0.208. The molecule has 0 heterocycles. The highest BCUT2D eigenvalue weighted by atomic mass is 16.2. The Kier molecular flexibility index (Phi) is 5.44. The van der Waals surface area contributed by atoms with Crippen LogP contribution in [0.15, 0.2) is 0 Å². The predicted molar refractivity (Wildman–Crippen MR) is 63.4 cm³/mol. The quantitative estimate of drug-likeness (QED) is 0.597. The fraction of sp³-hybridized carbons (Fsp3) is 0.818. The summed E-state index contributed by atoms with van der Waals surface area (Å²) in [7, 11) is 0. The highest BCUT2D eigenvalue weighted by Crippen LogP contribution is 2.12. The number of amides is 2. The highest BCUT2D eigenvalue weighted by molar-refractivity contribution is 5.90. The van der Waals surface area contributed by atoms with Gasteiger partial charge in [-0.05, 0) is 26.2 Å². The predicted octanol–water partition coefficient (Wildman–Crippen LogP) is -0.0125. The number of rotatable bonds is 6. The van der Waals surface area contributed by atoms with Crippen molar-refractivity contribution in [2.24, 2.45) is 23.3 Å². The summed E-state index contributed by atoms with van der Waals surface area (Å²) in [5.74, 6) is -0.643. The van der Waals surface area contributed by atoms with Crippen LogP contribution in [0.3, 0.4) is 0 Å². The van der Waals surface area contributed by atoms with Gasteiger partial charge in [0.05, 0.1) is 5.92 Å². The van der Waals surface area contributed by atoms with Gasteiger partial charge in [0.25, 0.3) is 0 Å². The summed E-state index contributed by atoms with van der Waals surface area (Å²) in [5.41, 5.74) is 9.69. The van der Waals surface area contributed by atoms with Crippen LogP contribution in [0.2, 0.25) is 0 Å². The minimum atomic E-state index is -1.03. The third kappa shape index (κ3) is 4.61. The first-order chi connectivity index (χ1) is 7.20. The lowest BCUT2D eigenvalue weighted by molar-refractivity contribution is -0.132. The maximum atomic E-state index is 11.8. The largest absolute Gasteiger partial charge is 0.368 e. The molecule has 0 fully saturated rings. The maximum absolute atomic E-state index is 11.8. The zero-order valence-corrected chi connectivity index (χ0v) is 10.5. The van der Waals surface area contributed by atoms with Crippen LogP contribution >= 0.6 is 0 Å². The molecule has 1 atom stereocenters. The molecule has 0 spiro atoms. The summed E-state index contributed by atoms with van der Waals surface area (Å²) in [6.45, 7) is 7.48. The van der Waals surface area contributed by atoms with Crippen molar-refractivity contribution in [1.82, 2.24) is 5.32 Å². The zero-order chi connectivity index (χ0) is 12.9. The monoisotopic (exact) mass is 229 g/mol. The smallest absolute Gasteiger partial charge is 0.242 e. The van der Waals surface area contributed by atoms with Crippen molar-refractivity contribution in [3.8, 4) is 0 Å². The second-order valence-electron chi connectivity index (χ2n) is 5.04. The summed E-state index contributed by atoms with van der Waals surface area (Å²) in [5, 5.41) is 2.62. The molecular weight excluding hydrogens is 206 g/mol. The number of hydrogen-bond donors (Lipinski definition) is 3. The lowest BCUT2D eigenvalue weighted by atomic mass is 9.94. The van der Waals surface area contributed by atoms with Crippen molar-refractivity contribution in [1.29, 1.82) is 0 Å².